The second-order valence-electron chi connectivity index (χ2n) is 14.8. The van der Waals surface area contributed by atoms with Gasteiger partial charge in [-0.3, -0.25) is 9.59 Å². The number of fused-ring (bicyclic) bond motifs is 1. The molecule has 2 aromatic carbocycles. The number of pyridine rings is 1. The summed E-state index contributed by atoms with van der Waals surface area (Å²) < 4.78 is 17.9. The van der Waals surface area contributed by atoms with Crippen molar-refractivity contribution in [2.24, 2.45) is 11.3 Å². The van der Waals surface area contributed by atoms with Crippen LogP contribution in [0.2, 0.25) is 0 Å². The molecule has 0 spiro atoms. The van der Waals surface area contributed by atoms with Crippen LogP contribution in [0.5, 0.6) is 11.5 Å². The summed E-state index contributed by atoms with van der Waals surface area (Å²) in [5.74, 6) is -1.69. The fourth-order valence-electron chi connectivity index (χ4n) is 7.16. The number of aromatic nitrogens is 1. The monoisotopic (exact) mass is 698 g/mol. The molecule has 12 heteroatoms. The van der Waals surface area contributed by atoms with E-state index in [1.165, 1.54) is 11.0 Å². The van der Waals surface area contributed by atoms with E-state index >= 15 is 0 Å². The van der Waals surface area contributed by atoms with E-state index in [-0.39, 0.29) is 25.4 Å². The quantitative estimate of drug-likeness (QED) is 0.221. The Labute approximate surface area is 297 Å². The molecule has 1 aromatic heterocycles. The van der Waals surface area contributed by atoms with E-state index in [0.29, 0.717) is 28.1 Å². The number of carboxylic acids is 1. The summed E-state index contributed by atoms with van der Waals surface area (Å²) in [5.41, 5.74) is -0.171. The van der Waals surface area contributed by atoms with Crippen LogP contribution in [0, 0.1) is 11.3 Å². The second kappa shape index (κ2) is 14.2. The van der Waals surface area contributed by atoms with Crippen LogP contribution in [0.1, 0.15) is 59.3 Å². The molecular weight excluding hydrogens is 652 g/mol. The number of hydrogen-bond donors (Lipinski definition) is 3. The van der Waals surface area contributed by atoms with E-state index in [0.717, 1.165) is 31.2 Å². The third-order valence-corrected chi connectivity index (χ3v) is 10.1. The van der Waals surface area contributed by atoms with Crippen molar-refractivity contribution in [3.8, 4) is 22.8 Å². The fraction of sp³-hybridized carbons (Fsp3) is 0.462. The lowest BCUT2D eigenvalue weighted by Crippen LogP contribution is -2.56. The Bertz CT molecular complexity index is 1820. The van der Waals surface area contributed by atoms with Crippen molar-refractivity contribution < 1.29 is 38.5 Å². The molecule has 1 saturated heterocycles. The Hall–Kier alpha value is -5.13. The van der Waals surface area contributed by atoms with Gasteiger partial charge in [0.25, 0.3) is 5.91 Å². The minimum atomic E-state index is -1.50. The highest BCUT2D eigenvalue weighted by Gasteiger charge is 2.61. The maximum Gasteiger partial charge on any atom is 0.408 e. The molecule has 51 heavy (non-hydrogen) atoms. The van der Waals surface area contributed by atoms with Crippen molar-refractivity contribution in [3.63, 3.8) is 0 Å². The van der Waals surface area contributed by atoms with Gasteiger partial charge in [0.1, 0.15) is 29.2 Å². The second-order valence-corrected chi connectivity index (χ2v) is 14.8. The van der Waals surface area contributed by atoms with Gasteiger partial charge in [-0.05, 0) is 31.4 Å². The first-order valence-corrected chi connectivity index (χ1v) is 17.5. The number of nitrogens with one attached hydrogen (secondary N) is 2. The zero-order valence-electron chi connectivity index (χ0n) is 29.5. The van der Waals surface area contributed by atoms with E-state index in [1.54, 1.807) is 33.9 Å². The topological polar surface area (TPSA) is 156 Å². The first-order valence-electron chi connectivity index (χ1n) is 17.5. The highest BCUT2D eigenvalue weighted by Crippen LogP contribution is 2.45. The molecule has 0 bridgehead atoms. The van der Waals surface area contributed by atoms with Crippen LogP contribution in [-0.4, -0.2) is 82.4 Å². The maximum absolute atomic E-state index is 14.5. The average molecular weight is 699 g/mol. The molecule has 1 aliphatic heterocycles. The number of carboxylic acid groups (broad SMARTS) is 1. The molecule has 12 nitrogen and oxygen atoms in total. The summed E-state index contributed by atoms with van der Waals surface area (Å²) in [6.07, 6.45) is 2.88. The van der Waals surface area contributed by atoms with Gasteiger partial charge in [0.2, 0.25) is 5.91 Å². The fourth-order valence-corrected chi connectivity index (χ4v) is 7.16. The predicted octanol–water partition coefficient (Wildman–Crippen LogP) is 5.49. The third-order valence-electron chi connectivity index (χ3n) is 10.1. The molecule has 0 radical (unpaired) electrons. The maximum atomic E-state index is 14.5. The Morgan fingerprint density at radius 2 is 1.80 bits per heavy atom. The molecule has 3 fully saturated rings. The third kappa shape index (κ3) is 7.50. The molecule has 3 N–H and O–H groups in total. The van der Waals surface area contributed by atoms with E-state index < -0.39 is 59.0 Å². The van der Waals surface area contributed by atoms with E-state index in [1.807, 2.05) is 48.5 Å². The summed E-state index contributed by atoms with van der Waals surface area (Å²) in [6, 6.07) is 15.8. The minimum Gasteiger partial charge on any atom is -0.497 e. The number of aliphatic carboxylic acids is 1. The van der Waals surface area contributed by atoms with Crippen molar-refractivity contribution in [1.29, 1.82) is 0 Å². The number of carbonyl (C=O) groups is 4. The van der Waals surface area contributed by atoms with Crippen molar-refractivity contribution in [2.75, 3.05) is 13.7 Å². The molecule has 6 rings (SSSR count). The van der Waals surface area contributed by atoms with Gasteiger partial charge in [-0.25, -0.2) is 14.6 Å². The minimum absolute atomic E-state index is 0.0112. The number of methoxy groups -OCH3 is 1. The Morgan fingerprint density at radius 1 is 1.08 bits per heavy atom. The number of benzene rings is 2. The smallest absolute Gasteiger partial charge is 0.408 e. The Kier molecular flexibility index (Phi) is 9.97. The van der Waals surface area contributed by atoms with Crippen molar-refractivity contribution in [2.45, 2.75) is 89.1 Å². The highest BCUT2D eigenvalue weighted by atomic mass is 16.6. The molecule has 2 saturated carbocycles. The van der Waals surface area contributed by atoms with Gasteiger partial charge in [-0.15, -0.1) is 6.58 Å². The standard InChI is InChI=1S/C39H46N4O8/c1-6-24-21-39(24,36(46)47)42-34(44)31-19-27(22-43(31)35(45)33(38(2,3)4)51-37(48)40-25-14-10-11-15-25)50-32-20-29(23-12-8-7-9-13-23)41-30-18-26(49-5)16-17-28(30)32/h6-9,12-13,16-18,20,24-25,27,31,33H,1,10-11,14-15,19,21-22H2,2-5H3,(H,40,48)(H,42,44)(H,46,47)/t24-,27-,31+,33-,39-/m1/s1. The largest absolute Gasteiger partial charge is 0.497 e. The molecular formula is C39H46N4O8. The molecule has 5 atom stereocenters. The molecule has 0 unspecified atom stereocenters. The number of rotatable bonds is 11. The number of alkyl carbamates (subject to hydrolysis) is 1. The summed E-state index contributed by atoms with van der Waals surface area (Å²) in [6.45, 7) is 9.08. The lowest BCUT2D eigenvalue weighted by molar-refractivity contribution is -0.151. The number of hydrogen-bond acceptors (Lipinski definition) is 8. The van der Waals surface area contributed by atoms with Gasteiger partial charge in [0.15, 0.2) is 6.10 Å². The Balaban J connectivity index is 1.32. The summed E-state index contributed by atoms with van der Waals surface area (Å²) in [7, 11) is 1.58. The summed E-state index contributed by atoms with van der Waals surface area (Å²) in [5, 5.41) is 16.3. The zero-order valence-corrected chi connectivity index (χ0v) is 29.5. The molecule has 2 heterocycles. The van der Waals surface area contributed by atoms with Crippen molar-refractivity contribution >= 4 is 34.8 Å². The van der Waals surface area contributed by atoms with Crippen LogP contribution in [0.3, 0.4) is 0 Å². The molecule has 3 aromatic rings. The lowest BCUT2D eigenvalue weighted by Gasteiger charge is -2.34. The first-order chi connectivity index (χ1) is 24.3. The van der Waals surface area contributed by atoms with Crippen LogP contribution in [0.15, 0.2) is 67.3 Å². The molecule has 270 valence electrons. The normalized spacial score (nSPS) is 23.7. The lowest BCUT2D eigenvalue weighted by atomic mass is 9.88. The molecule has 2 aliphatic carbocycles. The van der Waals surface area contributed by atoms with Gasteiger partial charge < -0.3 is 34.9 Å². The predicted molar refractivity (Wildman–Crippen MR) is 190 cm³/mol. The molecule has 3 amide bonds. The van der Waals surface area contributed by atoms with E-state index in [9.17, 15) is 24.3 Å². The number of likely N-dealkylation sites (tertiary alicyclic amines) is 1. The van der Waals surface area contributed by atoms with Crippen LogP contribution in [0.25, 0.3) is 22.2 Å². The summed E-state index contributed by atoms with van der Waals surface area (Å²) >= 11 is 0. The molecule has 3 aliphatic rings. The van der Waals surface area contributed by atoms with Crippen molar-refractivity contribution in [3.05, 3.63) is 67.3 Å². The zero-order chi connectivity index (χ0) is 36.5. The van der Waals surface area contributed by atoms with Gasteiger partial charge in [0, 0.05) is 46.9 Å². The number of carbonyl (C=O) groups excluding carboxylic acids is 3. The average Bonchev–Trinajstić information content (AvgIpc) is 3.37. The van der Waals surface area contributed by atoms with Crippen molar-refractivity contribution in [1.82, 2.24) is 20.5 Å². The van der Waals surface area contributed by atoms with Crippen LogP contribution in [-0.2, 0) is 19.1 Å². The van der Waals surface area contributed by atoms with Gasteiger partial charge in [0.05, 0.1) is 24.9 Å². The van der Waals surface area contributed by atoms with Gasteiger partial charge in [-0.1, -0.05) is 70.0 Å². The number of nitrogens with zero attached hydrogens (tertiary/aromatic N) is 2. The Morgan fingerprint density at radius 3 is 2.43 bits per heavy atom. The van der Waals surface area contributed by atoms with Crippen LogP contribution in [0.4, 0.5) is 4.79 Å². The SMILES string of the molecule is C=C[C@@H]1C[C@]1(NC(=O)[C@@H]1C[C@@H](Oc2cc(-c3ccccc3)nc3cc(OC)ccc23)CN1C(=O)[C@@H](OC(=O)NC1CCCC1)C(C)(C)C)C(=O)O. The van der Waals surface area contributed by atoms with E-state index in [2.05, 4.69) is 17.2 Å². The number of ether oxygens (including phenoxy) is 3. The highest BCUT2D eigenvalue weighted by molar-refractivity contribution is 5.96. The van der Waals surface area contributed by atoms with Crippen LogP contribution >= 0.6 is 0 Å². The van der Waals surface area contributed by atoms with Gasteiger partial charge in [-0.2, -0.15) is 0 Å². The van der Waals surface area contributed by atoms with Gasteiger partial charge >= 0.3 is 12.1 Å². The first kappa shape index (κ1) is 35.7. The summed E-state index contributed by atoms with van der Waals surface area (Å²) in [4.78, 5) is 60.1. The van der Waals surface area contributed by atoms with E-state index in [4.69, 9.17) is 19.2 Å². The number of amides is 3. The van der Waals surface area contributed by atoms with Crippen LogP contribution < -0.4 is 20.1 Å².